The molecule has 0 aromatic heterocycles. The summed E-state index contributed by atoms with van der Waals surface area (Å²) in [5.41, 5.74) is 5.32. The van der Waals surface area contributed by atoms with Gasteiger partial charge in [0.1, 0.15) is 0 Å². The second-order valence-electron chi connectivity index (χ2n) is 3.00. The van der Waals surface area contributed by atoms with Crippen LogP contribution in [0.3, 0.4) is 0 Å². The van der Waals surface area contributed by atoms with Gasteiger partial charge in [0.05, 0.1) is 0 Å². The standard InChI is InChI=1S/C9H19N3O/c1-4-9(13)12(3)8(2)7-11-6-5-10/h4,8,11H,1,5-7,10H2,2-3H3. The van der Waals surface area contributed by atoms with E-state index in [1.807, 2.05) is 6.92 Å². The van der Waals surface area contributed by atoms with Gasteiger partial charge >= 0.3 is 0 Å². The van der Waals surface area contributed by atoms with Crippen molar-refractivity contribution in [2.24, 2.45) is 5.73 Å². The molecule has 13 heavy (non-hydrogen) atoms. The van der Waals surface area contributed by atoms with E-state index in [1.165, 1.54) is 6.08 Å². The van der Waals surface area contributed by atoms with Crippen molar-refractivity contribution in [3.8, 4) is 0 Å². The summed E-state index contributed by atoms with van der Waals surface area (Å²) >= 11 is 0. The minimum atomic E-state index is -0.0537. The predicted octanol–water partition coefficient (Wildman–Crippen LogP) is -0.432. The molecule has 1 amide bonds. The van der Waals surface area contributed by atoms with Crippen molar-refractivity contribution in [3.05, 3.63) is 12.7 Å². The lowest BCUT2D eigenvalue weighted by Crippen LogP contribution is -2.41. The molecule has 0 saturated carbocycles. The van der Waals surface area contributed by atoms with Crippen molar-refractivity contribution >= 4 is 5.91 Å². The van der Waals surface area contributed by atoms with Gasteiger partial charge in [-0.15, -0.1) is 0 Å². The van der Waals surface area contributed by atoms with Crippen LogP contribution in [0.2, 0.25) is 0 Å². The minimum absolute atomic E-state index is 0.0537. The van der Waals surface area contributed by atoms with Gasteiger partial charge < -0.3 is 16.0 Å². The summed E-state index contributed by atoms with van der Waals surface area (Å²) in [7, 11) is 1.76. The average molecular weight is 185 g/mol. The quantitative estimate of drug-likeness (QED) is 0.436. The zero-order chi connectivity index (χ0) is 10.3. The van der Waals surface area contributed by atoms with Crippen molar-refractivity contribution in [2.75, 3.05) is 26.7 Å². The molecule has 0 fully saturated rings. The fourth-order valence-corrected chi connectivity index (χ4v) is 0.911. The number of carbonyl (C=O) groups is 1. The van der Waals surface area contributed by atoms with Gasteiger partial charge in [0.15, 0.2) is 0 Å². The maximum Gasteiger partial charge on any atom is 0.245 e. The van der Waals surface area contributed by atoms with Crippen LogP contribution in [0.25, 0.3) is 0 Å². The average Bonchev–Trinajstić information content (AvgIpc) is 2.15. The highest BCUT2D eigenvalue weighted by Crippen LogP contribution is 1.94. The molecular formula is C9H19N3O. The van der Waals surface area contributed by atoms with Crippen molar-refractivity contribution in [2.45, 2.75) is 13.0 Å². The molecule has 0 aromatic rings. The van der Waals surface area contributed by atoms with Crippen molar-refractivity contribution in [3.63, 3.8) is 0 Å². The van der Waals surface area contributed by atoms with Gasteiger partial charge in [-0.2, -0.15) is 0 Å². The normalized spacial score (nSPS) is 12.2. The number of likely N-dealkylation sites (N-methyl/N-ethyl adjacent to an activating group) is 1. The molecule has 0 aliphatic carbocycles. The highest BCUT2D eigenvalue weighted by Gasteiger charge is 2.11. The molecule has 0 radical (unpaired) electrons. The van der Waals surface area contributed by atoms with Gasteiger partial charge in [-0.25, -0.2) is 0 Å². The third-order valence-corrected chi connectivity index (χ3v) is 1.94. The molecular weight excluding hydrogens is 166 g/mol. The van der Waals surface area contributed by atoms with E-state index in [0.717, 1.165) is 13.1 Å². The molecule has 0 aliphatic heterocycles. The van der Waals surface area contributed by atoms with Gasteiger partial charge in [0, 0.05) is 32.7 Å². The van der Waals surface area contributed by atoms with Crippen LogP contribution in [0, 0.1) is 0 Å². The van der Waals surface area contributed by atoms with Gasteiger partial charge in [0.25, 0.3) is 0 Å². The van der Waals surface area contributed by atoms with Crippen molar-refractivity contribution in [1.82, 2.24) is 10.2 Å². The van der Waals surface area contributed by atoms with Crippen LogP contribution < -0.4 is 11.1 Å². The number of rotatable bonds is 6. The zero-order valence-electron chi connectivity index (χ0n) is 8.42. The first-order valence-electron chi connectivity index (χ1n) is 4.43. The number of hydrogen-bond donors (Lipinski definition) is 2. The van der Waals surface area contributed by atoms with Crippen molar-refractivity contribution in [1.29, 1.82) is 0 Å². The van der Waals surface area contributed by atoms with Gasteiger partial charge in [0.2, 0.25) is 5.91 Å². The third-order valence-electron chi connectivity index (χ3n) is 1.94. The maximum atomic E-state index is 11.1. The maximum absolute atomic E-state index is 11.1. The van der Waals surface area contributed by atoms with Crippen LogP contribution in [0.1, 0.15) is 6.92 Å². The van der Waals surface area contributed by atoms with E-state index in [1.54, 1.807) is 11.9 Å². The lowest BCUT2D eigenvalue weighted by molar-refractivity contribution is -0.126. The van der Waals surface area contributed by atoms with Crippen LogP contribution in [0.15, 0.2) is 12.7 Å². The van der Waals surface area contributed by atoms with Gasteiger partial charge in [-0.1, -0.05) is 6.58 Å². The topological polar surface area (TPSA) is 58.4 Å². The first-order chi connectivity index (χ1) is 6.13. The summed E-state index contributed by atoms with van der Waals surface area (Å²) in [6.45, 7) is 7.56. The predicted molar refractivity (Wildman–Crippen MR) is 54.4 cm³/mol. The molecule has 76 valence electrons. The third kappa shape index (κ3) is 4.65. The monoisotopic (exact) mass is 185 g/mol. The Hall–Kier alpha value is -0.870. The van der Waals surface area contributed by atoms with Crippen LogP contribution in [0.5, 0.6) is 0 Å². The Kier molecular flexibility index (Phi) is 6.18. The Balaban J connectivity index is 3.74. The summed E-state index contributed by atoms with van der Waals surface area (Å²) in [5, 5.41) is 3.14. The molecule has 0 heterocycles. The second-order valence-corrected chi connectivity index (χ2v) is 3.00. The summed E-state index contributed by atoms with van der Waals surface area (Å²) in [4.78, 5) is 12.8. The van der Waals surface area contributed by atoms with Crippen LogP contribution >= 0.6 is 0 Å². The Morgan fingerprint density at radius 3 is 2.85 bits per heavy atom. The number of carbonyl (C=O) groups excluding carboxylic acids is 1. The smallest absolute Gasteiger partial charge is 0.245 e. The Bertz CT molecular complexity index is 170. The molecule has 1 atom stereocenters. The summed E-state index contributed by atoms with van der Waals surface area (Å²) in [5.74, 6) is -0.0537. The van der Waals surface area contributed by atoms with Gasteiger partial charge in [-0.3, -0.25) is 4.79 Å². The number of nitrogens with one attached hydrogen (secondary N) is 1. The molecule has 0 spiro atoms. The fourth-order valence-electron chi connectivity index (χ4n) is 0.911. The van der Waals surface area contributed by atoms with Crippen LogP contribution in [-0.2, 0) is 4.79 Å². The molecule has 0 aliphatic rings. The lowest BCUT2D eigenvalue weighted by Gasteiger charge is -2.23. The number of nitrogens with two attached hydrogens (primary N) is 1. The Labute approximate surface area is 79.8 Å². The van der Waals surface area contributed by atoms with Crippen molar-refractivity contribution < 1.29 is 4.79 Å². The lowest BCUT2D eigenvalue weighted by atomic mass is 10.3. The van der Waals surface area contributed by atoms with Crippen LogP contribution in [-0.4, -0.2) is 43.5 Å². The molecule has 4 nitrogen and oxygen atoms in total. The number of hydrogen-bond acceptors (Lipinski definition) is 3. The Morgan fingerprint density at radius 1 is 1.77 bits per heavy atom. The molecule has 0 rings (SSSR count). The summed E-state index contributed by atoms with van der Waals surface area (Å²) in [6.07, 6.45) is 1.32. The first kappa shape index (κ1) is 12.1. The van der Waals surface area contributed by atoms with E-state index < -0.39 is 0 Å². The van der Waals surface area contributed by atoms with Gasteiger partial charge in [-0.05, 0) is 13.0 Å². The largest absolute Gasteiger partial charge is 0.338 e. The molecule has 0 bridgehead atoms. The van der Waals surface area contributed by atoms with E-state index in [9.17, 15) is 4.79 Å². The van der Waals surface area contributed by atoms with E-state index >= 15 is 0 Å². The highest BCUT2D eigenvalue weighted by molar-refractivity contribution is 5.86. The van der Waals surface area contributed by atoms with E-state index in [-0.39, 0.29) is 11.9 Å². The second kappa shape index (κ2) is 6.62. The zero-order valence-corrected chi connectivity index (χ0v) is 8.42. The Morgan fingerprint density at radius 2 is 2.38 bits per heavy atom. The number of nitrogens with zero attached hydrogens (tertiary/aromatic N) is 1. The SMILES string of the molecule is C=CC(=O)N(C)C(C)CNCCN. The van der Waals surface area contributed by atoms with Crippen LogP contribution in [0.4, 0.5) is 0 Å². The van der Waals surface area contributed by atoms with E-state index in [2.05, 4.69) is 11.9 Å². The molecule has 1 unspecified atom stereocenters. The summed E-state index contributed by atoms with van der Waals surface area (Å²) in [6, 6.07) is 0.164. The molecule has 3 N–H and O–H groups in total. The summed E-state index contributed by atoms with van der Waals surface area (Å²) < 4.78 is 0. The molecule has 4 heteroatoms. The molecule has 0 aromatic carbocycles. The van der Waals surface area contributed by atoms with E-state index in [0.29, 0.717) is 6.54 Å². The first-order valence-corrected chi connectivity index (χ1v) is 4.43. The fraction of sp³-hybridized carbons (Fsp3) is 0.667. The molecule has 0 saturated heterocycles. The number of amides is 1. The highest BCUT2D eigenvalue weighted by atomic mass is 16.2. The van der Waals surface area contributed by atoms with E-state index in [4.69, 9.17) is 5.73 Å². The minimum Gasteiger partial charge on any atom is -0.338 e.